The maximum absolute atomic E-state index is 12.5. The maximum Gasteiger partial charge on any atom is 0.321 e. The molecule has 0 aromatic rings. The Bertz CT molecular complexity index is 356. The molecule has 0 N–H and O–H groups in total. The Morgan fingerprint density at radius 3 is 1.86 bits per heavy atom. The quantitative estimate of drug-likeness (QED) is 0.587. The van der Waals surface area contributed by atoms with Crippen LogP contribution < -0.4 is 0 Å². The molecule has 0 spiro atoms. The maximum atomic E-state index is 12.5. The Balaban J connectivity index is 3.32. The van der Waals surface area contributed by atoms with Crippen molar-refractivity contribution in [2.75, 3.05) is 0 Å². The van der Waals surface area contributed by atoms with Gasteiger partial charge in [0, 0.05) is 6.08 Å². The van der Waals surface area contributed by atoms with Gasteiger partial charge in [-0.3, -0.25) is 0 Å². The fraction of sp³-hybridized carbons (Fsp3) is 0.143. The largest absolute Gasteiger partial charge is 0.321 e. The Labute approximate surface area is 73.0 Å². The fourth-order valence-electron chi connectivity index (χ4n) is 0.862. The van der Waals surface area contributed by atoms with Crippen molar-refractivity contribution in [3.63, 3.8) is 0 Å². The van der Waals surface area contributed by atoms with Gasteiger partial charge in [0.05, 0.1) is 5.57 Å². The van der Waals surface area contributed by atoms with Crippen molar-refractivity contribution in [1.29, 1.82) is 0 Å². The zero-order valence-electron chi connectivity index (χ0n) is 6.22. The van der Waals surface area contributed by atoms with Crippen molar-refractivity contribution in [2.24, 2.45) is 0 Å². The average molecular weight is 218 g/mol. The molecule has 0 atom stereocenters. The van der Waals surface area contributed by atoms with Crippen LogP contribution in [0.15, 0.2) is 35.2 Å². The van der Waals surface area contributed by atoms with Crippen LogP contribution in [0.1, 0.15) is 0 Å². The van der Waals surface area contributed by atoms with Crippen molar-refractivity contribution in [3.8, 4) is 0 Å². The van der Waals surface area contributed by atoms with Crippen LogP contribution in [-0.2, 0) is 0 Å². The molecule has 0 fully saturated rings. The summed E-state index contributed by atoms with van der Waals surface area (Å²) in [4.78, 5) is 0. The molecule has 0 aromatic heterocycles. The van der Waals surface area contributed by atoms with Gasteiger partial charge in [-0.1, -0.05) is 0 Å². The summed E-state index contributed by atoms with van der Waals surface area (Å²) >= 11 is 0. The molecule has 1 aliphatic rings. The zero-order valence-corrected chi connectivity index (χ0v) is 6.22. The van der Waals surface area contributed by atoms with Crippen molar-refractivity contribution < 1.29 is 30.7 Å². The third-order valence-corrected chi connectivity index (χ3v) is 1.44. The zero-order chi connectivity index (χ0) is 11.1. The summed E-state index contributed by atoms with van der Waals surface area (Å²) in [6.07, 6.45) is -3.63. The van der Waals surface area contributed by atoms with Gasteiger partial charge >= 0.3 is 12.0 Å². The third-order valence-electron chi connectivity index (χ3n) is 1.44. The van der Waals surface area contributed by atoms with E-state index in [1.807, 2.05) is 0 Å². The molecule has 0 aliphatic heterocycles. The highest BCUT2D eigenvalue weighted by Gasteiger charge is 2.45. The van der Waals surface area contributed by atoms with Crippen LogP contribution in [0.5, 0.6) is 0 Å². The lowest BCUT2D eigenvalue weighted by atomic mass is 10.2. The fourth-order valence-corrected chi connectivity index (χ4v) is 0.862. The van der Waals surface area contributed by atoms with Crippen LogP contribution >= 0.6 is 0 Å². The van der Waals surface area contributed by atoms with Gasteiger partial charge in [-0.2, -0.15) is 17.6 Å². The summed E-state index contributed by atoms with van der Waals surface area (Å²) in [6.45, 7) is 0. The molecule has 0 aromatic carbocycles. The third kappa shape index (κ3) is 1.53. The van der Waals surface area contributed by atoms with E-state index in [1.54, 1.807) is 0 Å². The molecule has 1 rings (SSSR count). The minimum absolute atomic E-state index is 0.569. The summed E-state index contributed by atoms with van der Waals surface area (Å²) in [5.74, 6) is -11.6. The van der Waals surface area contributed by atoms with Gasteiger partial charge in [-0.25, -0.2) is 13.2 Å². The minimum atomic E-state index is -4.37. The Morgan fingerprint density at radius 2 is 1.57 bits per heavy atom. The molecule has 78 valence electrons. The number of alkyl halides is 2. The Hall–Kier alpha value is -1.27. The van der Waals surface area contributed by atoms with Crippen LogP contribution in [0.25, 0.3) is 0 Å². The highest BCUT2D eigenvalue weighted by atomic mass is 19.3. The van der Waals surface area contributed by atoms with E-state index in [1.165, 1.54) is 0 Å². The Morgan fingerprint density at radius 1 is 1.07 bits per heavy atom. The highest BCUT2D eigenvalue weighted by Crippen LogP contribution is 2.44. The second-order valence-electron chi connectivity index (χ2n) is 2.38. The van der Waals surface area contributed by atoms with Gasteiger partial charge in [0.15, 0.2) is 5.83 Å². The molecule has 0 heterocycles. The molecular weight excluding hydrogens is 217 g/mol. The number of hydrogen-bond acceptors (Lipinski definition) is 0. The van der Waals surface area contributed by atoms with Crippen molar-refractivity contribution >= 4 is 0 Å². The lowest BCUT2D eigenvalue weighted by molar-refractivity contribution is 0.0729. The lowest BCUT2D eigenvalue weighted by Gasteiger charge is -2.03. The predicted molar refractivity (Wildman–Crippen MR) is 32.6 cm³/mol. The number of rotatable bonds is 1. The van der Waals surface area contributed by atoms with E-state index in [2.05, 4.69) is 0 Å². The highest BCUT2D eigenvalue weighted by molar-refractivity contribution is 5.51. The number of hydrogen-bond donors (Lipinski definition) is 0. The van der Waals surface area contributed by atoms with Crippen LogP contribution in [-0.4, -0.2) is 5.92 Å². The normalized spacial score (nSPS) is 19.8. The first kappa shape index (κ1) is 10.8. The molecule has 0 radical (unpaired) electrons. The number of allylic oxidation sites excluding steroid dienone is 5. The second kappa shape index (κ2) is 3.14. The Kier molecular flexibility index (Phi) is 2.43. The standard InChI is InChI=1S/C7HF7/c8-2-1-7(13,14)5(10)3(2)4(9)6(11)12/h1H. The van der Waals surface area contributed by atoms with Crippen molar-refractivity contribution in [1.82, 2.24) is 0 Å². The molecular formula is C7HF7. The average Bonchev–Trinajstić information content (AvgIpc) is 2.21. The summed E-state index contributed by atoms with van der Waals surface area (Å²) in [6, 6.07) is 0. The molecule has 14 heavy (non-hydrogen) atoms. The van der Waals surface area contributed by atoms with E-state index in [0.29, 0.717) is 0 Å². The number of halogens is 7. The van der Waals surface area contributed by atoms with Gasteiger partial charge in [0.2, 0.25) is 5.83 Å². The van der Waals surface area contributed by atoms with E-state index in [9.17, 15) is 30.7 Å². The summed E-state index contributed by atoms with van der Waals surface area (Å²) in [5.41, 5.74) is -2.02. The first-order valence-electron chi connectivity index (χ1n) is 3.15. The van der Waals surface area contributed by atoms with Crippen LogP contribution in [0.3, 0.4) is 0 Å². The minimum Gasteiger partial charge on any atom is -0.206 e. The van der Waals surface area contributed by atoms with E-state index < -0.39 is 41.1 Å². The summed E-state index contributed by atoms with van der Waals surface area (Å²) in [5, 5.41) is 0. The molecule has 0 saturated carbocycles. The van der Waals surface area contributed by atoms with Gasteiger partial charge in [-0.15, -0.1) is 0 Å². The molecule has 0 unspecified atom stereocenters. The summed E-state index contributed by atoms with van der Waals surface area (Å²) in [7, 11) is 0. The lowest BCUT2D eigenvalue weighted by Crippen LogP contribution is -2.09. The van der Waals surface area contributed by atoms with Gasteiger partial charge in [-0.05, 0) is 0 Å². The molecule has 0 saturated heterocycles. The topological polar surface area (TPSA) is 0 Å². The van der Waals surface area contributed by atoms with E-state index in [4.69, 9.17) is 0 Å². The smallest absolute Gasteiger partial charge is 0.206 e. The first-order valence-corrected chi connectivity index (χ1v) is 3.15. The first-order chi connectivity index (χ1) is 6.27. The van der Waals surface area contributed by atoms with Crippen molar-refractivity contribution in [3.05, 3.63) is 35.2 Å². The van der Waals surface area contributed by atoms with Gasteiger partial charge < -0.3 is 0 Å². The SMILES string of the molecule is FC1=CC(F)(F)C(F)=C1C(F)=C(F)F. The second-order valence-corrected chi connectivity index (χ2v) is 2.38. The molecule has 7 heteroatoms. The molecule has 0 amide bonds. The predicted octanol–water partition coefficient (Wildman–Crippen LogP) is 3.79. The van der Waals surface area contributed by atoms with E-state index in [-0.39, 0.29) is 0 Å². The van der Waals surface area contributed by atoms with Gasteiger partial charge in [0.1, 0.15) is 5.83 Å². The van der Waals surface area contributed by atoms with Gasteiger partial charge in [0.25, 0.3) is 0 Å². The van der Waals surface area contributed by atoms with Crippen LogP contribution in [0, 0.1) is 0 Å². The summed E-state index contributed by atoms with van der Waals surface area (Å²) < 4.78 is 84.8. The van der Waals surface area contributed by atoms with Crippen LogP contribution in [0.2, 0.25) is 0 Å². The van der Waals surface area contributed by atoms with Crippen molar-refractivity contribution in [2.45, 2.75) is 5.92 Å². The molecule has 1 aliphatic carbocycles. The van der Waals surface area contributed by atoms with E-state index in [0.717, 1.165) is 0 Å². The molecule has 0 bridgehead atoms. The molecule has 0 nitrogen and oxygen atoms in total. The monoisotopic (exact) mass is 218 g/mol. The van der Waals surface area contributed by atoms with E-state index >= 15 is 0 Å². The van der Waals surface area contributed by atoms with Crippen LogP contribution in [0.4, 0.5) is 30.7 Å².